The summed E-state index contributed by atoms with van der Waals surface area (Å²) >= 11 is 1.32. The zero-order chi connectivity index (χ0) is 26.4. The molecule has 2 aromatic carbocycles. The molecule has 0 saturated carbocycles. The number of nitrogens with zero attached hydrogens (tertiary/aromatic N) is 3. The molecule has 4 rings (SSSR count). The number of hydrogen-bond donors (Lipinski definition) is 3. The number of benzene rings is 2. The number of carbonyl (C=O) groups is 2. The van der Waals surface area contributed by atoms with E-state index in [0.717, 1.165) is 27.9 Å². The Labute approximate surface area is 219 Å². The largest absolute Gasteiger partial charge is 0.411 e. The van der Waals surface area contributed by atoms with Crippen LogP contribution in [0, 0.1) is 0 Å². The molecule has 0 aliphatic rings. The van der Waals surface area contributed by atoms with E-state index in [-0.39, 0.29) is 18.4 Å². The van der Waals surface area contributed by atoms with Gasteiger partial charge in [-0.15, -0.1) is 11.3 Å². The van der Waals surface area contributed by atoms with Gasteiger partial charge in [-0.3, -0.25) is 14.6 Å². The van der Waals surface area contributed by atoms with Crippen molar-refractivity contribution in [1.82, 2.24) is 15.3 Å². The Hall–Kier alpha value is -4.37. The number of pyridine rings is 1. The maximum atomic E-state index is 12.7. The van der Waals surface area contributed by atoms with Crippen LogP contribution in [-0.2, 0) is 10.2 Å². The Balaban J connectivity index is 1.37. The summed E-state index contributed by atoms with van der Waals surface area (Å²) in [5.41, 5.74) is 5.00. The zero-order valence-corrected chi connectivity index (χ0v) is 21.5. The van der Waals surface area contributed by atoms with Gasteiger partial charge in [0.15, 0.2) is 5.13 Å². The molecule has 0 saturated heterocycles. The van der Waals surface area contributed by atoms with E-state index in [1.165, 1.54) is 11.3 Å². The maximum absolute atomic E-state index is 12.7. The Morgan fingerprint density at radius 2 is 1.73 bits per heavy atom. The lowest BCUT2D eigenvalue weighted by Gasteiger charge is -2.24. The average molecular weight is 514 g/mol. The van der Waals surface area contributed by atoms with E-state index in [4.69, 9.17) is 5.21 Å². The summed E-state index contributed by atoms with van der Waals surface area (Å²) in [5.74, 6) is -0.751. The summed E-state index contributed by atoms with van der Waals surface area (Å²) in [6.45, 7) is 5.34. The summed E-state index contributed by atoms with van der Waals surface area (Å²) in [7, 11) is 0. The van der Waals surface area contributed by atoms with Crippen molar-refractivity contribution in [1.29, 1.82) is 0 Å². The average Bonchev–Trinajstić information content (AvgIpc) is 3.40. The molecule has 2 amide bonds. The summed E-state index contributed by atoms with van der Waals surface area (Å²) in [6, 6.07) is 18.9. The van der Waals surface area contributed by atoms with Crippen LogP contribution >= 0.6 is 11.3 Å². The van der Waals surface area contributed by atoms with Crippen LogP contribution in [0.25, 0.3) is 22.4 Å². The summed E-state index contributed by atoms with van der Waals surface area (Å²) in [6.07, 6.45) is 3.50. The van der Waals surface area contributed by atoms with Crippen molar-refractivity contribution in [3.63, 3.8) is 0 Å². The first-order chi connectivity index (χ1) is 17.8. The van der Waals surface area contributed by atoms with Crippen LogP contribution in [0.1, 0.15) is 36.7 Å². The minimum absolute atomic E-state index is 0.198. The van der Waals surface area contributed by atoms with Crippen molar-refractivity contribution in [2.45, 2.75) is 26.2 Å². The third-order valence-corrected chi connectivity index (χ3v) is 6.99. The highest BCUT2D eigenvalue weighted by molar-refractivity contribution is 7.14. The van der Waals surface area contributed by atoms with E-state index in [9.17, 15) is 9.59 Å². The molecule has 2 aromatic heterocycles. The normalized spacial score (nSPS) is 11.7. The first kappa shape index (κ1) is 25.7. The second-order valence-corrected chi connectivity index (χ2v) is 9.83. The van der Waals surface area contributed by atoms with Gasteiger partial charge >= 0.3 is 0 Å². The molecule has 0 spiro atoms. The number of oxime groups is 1. The van der Waals surface area contributed by atoms with E-state index in [2.05, 4.69) is 25.8 Å². The third-order valence-electron chi connectivity index (χ3n) is 6.23. The van der Waals surface area contributed by atoms with Gasteiger partial charge < -0.3 is 15.8 Å². The van der Waals surface area contributed by atoms with Gasteiger partial charge in [-0.2, -0.15) is 0 Å². The number of aromatic nitrogens is 2. The van der Waals surface area contributed by atoms with Crippen molar-refractivity contribution >= 4 is 34.0 Å². The zero-order valence-electron chi connectivity index (χ0n) is 20.7. The van der Waals surface area contributed by atoms with E-state index < -0.39 is 5.41 Å². The van der Waals surface area contributed by atoms with Gasteiger partial charge in [0.25, 0.3) is 5.91 Å². The molecule has 0 aliphatic carbocycles. The van der Waals surface area contributed by atoms with E-state index in [1.807, 2.05) is 61.7 Å². The maximum Gasteiger partial charge on any atom is 0.251 e. The van der Waals surface area contributed by atoms with Gasteiger partial charge in [0.2, 0.25) is 5.91 Å². The van der Waals surface area contributed by atoms with E-state index in [0.29, 0.717) is 16.4 Å². The molecule has 3 N–H and O–H groups in total. The van der Waals surface area contributed by atoms with Crippen molar-refractivity contribution in [3.8, 4) is 22.4 Å². The molecule has 0 unspecified atom stereocenters. The van der Waals surface area contributed by atoms with Gasteiger partial charge in [-0.1, -0.05) is 49.3 Å². The number of thiazole rings is 1. The molecule has 8 nitrogen and oxygen atoms in total. The fourth-order valence-electron chi connectivity index (χ4n) is 3.68. The fourth-order valence-corrected chi connectivity index (χ4v) is 4.41. The lowest BCUT2D eigenvalue weighted by atomic mass is 9.80. The van der Waals surface area contributed by atoms with Crippen LogP contribution in [0.15, 0.2) is 83.6 Å². The Morgan fingerprint density at radius 1 is 1.00 bits per heavy atom. The lowest BCUT2D eigenvalue weighted by Crippen LogP contribution is -2.33. The van der Waals surface area contributed by atoms with Crippen LogP contribution in [0.5, 0.6) is 0 Å². The molecule has 0 radical (unpaired) electrons. The number of amides is 2. The van der Waals surface area contributed by atoms with Gasteiger partial charge in [0, 0.05) is 34.3 Å². The number of hydrogen-bond acceptors (Lipinski definition) is 7. The van der Waals surface area contributed by atoms with Gasteiger partial charge in [-0.05, 0) is 53.9 Å². The van der Waals surface area contributed by atoms with Crippen molar-refractivity contribution in [3.05, 3.63) is 89.6 Å². The van der Waals surface area contributed by atoms with Crippen LogP contribution in [0.2, 0.25) is 0 Å². The number of carbonyl (C=O) groups excluding carboxylic acids is 2. The van der Waals surface area contributed by atoms with Crippen LogP contribution in [-0.4, -0.2) is 39.2 Å². The van der Waals surface area contributed by atoms with Crippen molar-refractivity contribution in [2.24, 2.45) is 5.16 Å². The highest BCUT2D eigenvalue weighted by atomic mass is 32.1. The van der Waals surface area contributed by atoms with E-state index in [1.54, 1.807) is 37.5 Å². The van der Waals surface area contributed by atoms with Crippen molar-refractivity contribution < 1.29 is 14.8 Å². The molecule has 0 aliphatic heterocycles. The fraction of sp³-hybridized carbons (Fsp3) is 0.179. The van der Waals surface area contributed by atoms with E-state index >= 15 is 0 Å². The molecular weight excluding hydrogens is 486 g/mol. The SMILES string of the molecule is C/C(=N/O)C(C)(C)c1cccc(C(=O)NCC(=O)Nc2nc(-c3cccc(-c4ccncc4)c3)cs2)c1. The molecule has 37 heavy (non-hydrogen) atoms. The smallest absolute Gasteiger partial charge is 0.251 e. The monoisotopic (exact) mass is 513 g/mol. The Kier molecular flexibility index (Phi) is 7.74. The quantitative estimate of drug-likeness (QED) is 0.166. The van der Waals surface area contributed by atoms with Crippen LogP contribution in [0.4, 0.5) is 5.13 Å². The molecule has 4 aromatic rings. The lowest BCUT2D eigenvalue weighted by molar-refractivity contribution is -0.115. The molecule has 2 heterocycles. The summed E-state index contributed by atoms with van der Waals surface area (Å²) in [5, 5.41) is 20.2. The molecule has 0 atom stereocenters. The first-order valence-electron chi connectivity index (χ1n) is 11.6. The molecule has 9 heteroatoms. The molecular formula is C28H27N5O3S. The predicted octanol–water partition coefficient (Wildman–Crippen LogP) is 5.37. The van der Waals surface area contributed by atoms with Gasteiger partial charge in [0.05, 0.1) is 18.0 Å². The predicted molar refractivity (Wildman–Crippen MR) is 146 cm³/mol. The number of rotatable bonds is 8. The minimum atomic E-state index is -0.553. The topological polar surface area (TPSA) is 117 Å². The molecule has 0 bridgehead atoms. The molecule has 0 fully saturated rings. The summed E-state index contributed by atoms with van der Waals surface area (Å²) in [4.78, 5) is 33.7. The number of nitrogens with one attached hydrogen (secondary N) is 2. The Morgan fingerprint density at radius 3 is 2.49 bits per heavy atom. The number of anilines is 1. The van der Waals surface area contributed by atoms with Crippen LogP contribution in [0.3, 0.4) is 0 Å². The standard InChI is InChI=1S/C28H27N5O3S/c1-18(33-36)28(2,3)23-9-5-8-22(15-23)26(35)30-16-25(34)32-27-31-24(17-37-27)21-7-4-6-20(14-21)19-10-12-29-13-11-19/h4-15,17,36H,16H2,1-3H3,(H,30,35)(H,31,32,34)/b33-18-. The van der Waals surface area contributed by atoms with Gasteiger partial charge in [-0.25, -0.2) is 4.98 Å². The summed E-state index contributed by atoms with van der Waals surface area (Å²) < 4.78 is 0. The highest BCUT2D eigenvalue weighted by Gasteiger charge is 2.25. The van der Waals surface area contributed by atoms with Crippen LogP contribution < -0.4 is 10.6 Å². The second kappa shape index (κ2) is 11.1. The highest BCUT2D eigenvalue weighted by Crippen LogP contribution is 2.29. The molecule has 188 valence electrons. The first-order valence-corrected chi connectivity index (χ1v) is 12.5. The second-order valence-electron chi connectivity index (χ2n) is 8.98. The minimum Gasteiger partial charge on any atom is -0.411 e. The van der Waals surface area contributed by atoms with Crippen molar-refractivity contribution in [2.75, 3.05) is 11.9 Å². The van der Waals surface area contributed by atoms with Gasteiger partial charge in [0.1, 0.15) is 0 Å². The Bertz CT molecular complexity index is 1450. The third kappa shape index (κ3) is 6.07.